The van der Waals surface area contributed by atoms with Gasteiger partial charge in [-0.2, -0.15) is 0 Å². The largest absolute Gasteiger partial charge is 0.341 e. The van der Waals surface area contributed by atoms with Crippen molar-refractivity contribution < 1.29 is 13.6 Å². The minimum absolute atomic E-state index is 0. The van der Waals surface area contributed by atoms with Gasteiger partial charge >= 0.3 is 0 Å². The molecule has 6 rings (SSSR count). The first-order chi connectivity index (χ1) is 21.2. The van der Waals surface area contributed by atoms with Crippen LogP contribution < -0.4 is 10.6 Å². The lowest BCUT2D eigenvalue weighted by Crippen LogP contribution is -2.43. The van der Waals surface area contributed by atoms with E-state index < -0.39 is 17.5 Å². The fraction of sp³-hybridized carbons (Fsp3) is 0.242. The molecule has 4 aromatic rings. The first-order valence-electron chi connectivity index (χ1n) is 14.0. The predicted octanol–water partition coefficient (Wildman–Crippen LogP) is 6.11. The lowest BCUT2D eigenvalue weighted by atomic mass is 9.95. The minimum atomic E-state index is -0.730. The van der Waals surface area contributed by atoms with Crippen LogP contribution in [0.25, 0.3) is 11.3 Å². The molecule has 45 heavy (non-hydrogen) atoms. The summed E-state index contributed by atoms with van der Waals surface area (Å²) in [6, 6.07) is 15.9. The Labute approximate surface area is 265 Å². The van der Waals surface area contributed by atoms with Crippen molar-refractivity contribution in [2.45, 2.75) is 26.4 Å². The maximum absolute atomic E-state index is 14.8. The zero-order chi connectivity index (χ0) is 31.0. The number of guanidine groups is 1. The van der Waals surface area contributed by atoms with Gasteiger partial charge in [0, 0.05) is 58.3 Å². The molecule has 0 saturated carbocycles. The first-order valence-corrected chi connectivity index (χ1v) is 14.4. The van der Waals surface area contributed by atoms with Crippen LogP contribution in [0.2, 0.25) is 5.02 Å². The van der Waals surface area contributed by atoms with E-state index in [1.54, 1.807) is 48.7 Å². The molecule has 1 atom stereocenters. The first kappa shape index (κ1) is 31.7. The summed E-state index contributed by atoms with van der Waals surface area (Å²) in [4.78, 5) is 30.7. The number of hydrogen-bond acceptors (Lipinski definition) is 7. The molecule has 1 amide bonds. The van der Waals surface area contributed by atoms with Gasteiger partial charge < -0.3 is 15.1 Å². The van der Waals surface area contributed by atoms with E-state index in [0.717, 1.165) is 6.42 Å². The van der Waals surface area contributed by atoms with Crippen molar-refractivity contribution in [1.29, 1.82) is 5.41 Å². The molecule has 0 aliphatic carbocycles. The number of aromatic nitrogens is 2. The fourth-order valence-electron chi connectivity index (χ4n) is 5.41. The van der Waals surface area contributed by atoms with Crippen molar-refractivity contribution in [3.63, 3.8) is 0 Å². The third-order valence-corrected chi connectivity index (χ3v) is 8.02. The van der Waals surface area contributed by atoms with Gasteiger partial charge in [0.2, 0.25) is 5.95 Å². The molecule has 12 heteroatoms. The van der Waals surface area contributed by atoms with Gasteiger partial charge in [0.15, 0.2) is 5.96 Å². The number of fused-ring (bicyclic) bond motifs is 3. The lowest BCUT2D eigenvalue weighted by Gasteiger charge is -2.22. The fourth-order valence-corrected chi connectivity index (χ4v) is 5.59. The van der Waals surface area contributed by atoms with Crippen LogP contribution >= 0.6 is 11.6 Å². The predicted molar refractivity (Wildman–Crippen MR) is 173 cm³/mol. The van der Waals surface area contributed by atoms with E-state index in [9.17, 15) is 13.6 Å². The summed E-state index contributed by atoms with van der Waals surface area (Å²) in [5.41, 5.74) is 3.07. The molecule has 3 heterocycles. The van der Waals surface area contributed by atoms with Gasteiger partial charge in [-0.1, -0.05) is 37.2 Å². The van der Waals surface area contributed by atoms with Crippen molar-refractivity contribution in [2.75, 3.05) is 32.5 Å². The highest BCUT2D eigenvalue weighted by molar-refractivity contribution is 6.31. The summed E-state index contributed by atoms with van der Waals surface area (Å²) in [5.74, 6) is -1.53. The second-order valence-electron chi connectivity index (χ2n) is 10.9. The number of anilines is 2. The average molecular weight is 631 g/mol. The van der Waals surface area contributed by atoms with Gasteiger partial charge in [0.25, 0.3) is 5.91 Å². The Balaban J connectivity index is 0.00000400. The summed E-state index contributed by atoms with van der Waals surface area (Å²) < 4.78 is 29.7. The smallest absolute Gasteiger partial charge is 0.258 e. The van der Waals surface area contributed by atoms with Gasteiger partial charge in [-0.3, -0.25) is 20.5 Å². The van der Waals surface area contributed by atoms with Crippen LogP contribution in [0.15, 0.2) is 71.9 Å². The van der Waals surface area contributed by atoms with Crippen molar-refractivity contribution >= 4 is 40.8 Å². The van der Waals surface area contributed by atoms with Crippen molar-refractivity contribution in [3.8, 4) is 11.3 Å². The number of likely N-dealkylation sites (N-methyl/N-ethyl adjacent to an activating group) is 1. The lowest BCUT2D eigenvalue weighted by molar-refractivity contribution is 0.0972. The van der Waals surface area contributed by atoms with E-state index in [2.05, 4.69) is 25.5 Å². The standard InChI is InChI=1S/C32H29ClF2N8O.CH4/c1-42(2)22-11-12-43(17-22)31(36)41-30(44)18-5-3-6-21(13-18)39-32-38-16-19-15-37-29(27-25(34)7-4-8-26(27)35)24-14-20(33)9-10-23(24)28(19)40-32;/h3-10,13-14,16,22H,11-12,15,17H2,1-2H3,(H2,36,41,44)(H,38,39,40);1H4. The number of benzene rings is 3. The molecule has 0 radical (unpaired) electrons. The molecular weight excluding hydrogens is 598 g/mol. The molecule has 0 spiro atoms. The Bertz CT molecular complexity index is 1790. The number of nitrogens with one attached hydrogen (secondary N) is 3. The number of rotatable bonds is 5. The minimum Gasteiger partial charge on any atom is -0.341 e. The maximum atomic E-state index is 14.8. The molecule has 2 aliphatic rings. The van der Waals surface area contributed by atoms with Crippen LogP contribution in [0.4, 0.5) is 20.4 Å². The van der Waals surface area contributed by atoms with E-state index in [1.165, 1.54) is 18.2 Å². The zero-order valence-electron chi connectivity index (χ0n) is 24.0. The van der Waals surface area contributed by atoms with E-state index >= 15 is 0 Å². The number of carbonyl (C=O) groups excluding carboxylic acids is 1. The number of halogens is 3. The third-order valence-electron chi connectivity index (χ3n) is 7.79. The summed E-state index contributed by atoms with van der Waals surface area (Å²) >= 11 is 6.32. The molecular formula is C33H33ClF2N8O. The van der Waals surface area contributed by atoms with Crippen molar-refractivity contribution in [1.82, 2.24) is 25.1 Å². The molecule has 1 fully saturated rings. The van der Waals surface area contributed by atoms with Crippen LogP contribution in [0, 0.1) is 17.0 Å². The highest BCUT2D eigenvalue weighted by Crippen LogP contribution is 2.34. The highest BCUT2D eigenvalue weighted by Gasteiger charge is 2.27. The summed E-state index contributed by atoms with van der Waals surface area (Å²) in [6.45, 7) is 1.48. The van der Waals surface area contributed by atoms with Crippen LogP contribution in [-0.4, -0.2) is 70.6 Å². The Kier molecular flexibility index (Phi) is 9.21. The van der Waals surface area contributed by atoms with Gasteiger partial charge in [-0.05, 0) is 63.0 Å². The molecule has 1 unspecified atom stereocenters. The van der Waals surface area contributed by atoms with Gasteiger partial charge in [-0.25, -0.2) is 18.7 Å². The molecule has 3 aromatic carbocycles. The molecule has 1 aromatic heterocycles. The molecule has 232 valence electrons. The number of nitrogens with zero attached hydrogens (tertiary/aromatic N) is 5. The summed E-state index contributed by atoms with van der Waals surface area (Å²) in [6.07, 6.45) is 2.54. The Morgan fingerprint density at radius 1 is 1.07 bits per heavy atom. The van der Waals surface area contributed by atoms with Crippen LogP contribution in [0.5, 0.6) is 0 Å². The van der Waals surface area contributed by atoms with Crippen molar-refractivity contribution in [3.05, 3.63) is 106 Å². The molecule has 1 saturated heterocycles. The zero-order valence-corrected chi connectivity index (χ0v) is 24.8. The van der Waals surface area contributed by atoms with Crippen LogP contribution in [-0.2, 0) is 6.54 Å². The van der Waals surface area contributed by atoms with E-state index in [4.69, 9.17) is 22.0 Å². The Morgan fingerprint density at radius 3 is 2.56 bits per heavy atom. The average Bonchev–Trinajstić information content (AvgIpc) is 3.45. The van der Waals surface area contributed by atoms with Gasteiger partial charge in [-0.15, -0.1) is 0 Å². The van der Waals surface area contributed by atoms with Crippen molar-refractivity contribution in [2.24, 2.45) is 4.99 Å². The van der Waals surface area contributed by atoms with E-state index in [-0.39, 0.29) is 37.2 Å². The van der Waals surface area contributed by atoms with E-state index in [0.29, 0.717) is 57.8 Å². The van der Waals surface area contributed by atoms with Crippen LogP contribution in [0.3, 0.4) is 0 Å². The number of amides is 1. The summed E-state index contributed by atoms with van der Waals surface area (Å²) in [5, 5.41) is 14.6. The quantitative estimate of drug-likeness (QED) is 0.181. The molecule has 0 bridgehead atoms. The molecule has 9 nitrogen and oxygen atoms in total. The third kappa shape index (κ3) is 6.54. The second-order valence-corrected chi connectivity index (χ2v) is 11.3. The summed E-state index contributed by atoms with van der Waals surface area (Å²) in [7, 11) is 4.02. The number of likely N-dealkylation sites (tertiary alicyclic amines) is 1. The Morgan fingerprint density at radius 2 is 1.82 bits per heavy atom. The Hall–Kier alpha value is -4.74. The second kappa shape index (κ2) is 13.1. The molecule has 3 N–H and O–H groups in total. The number of hydrogen-bond donors (Lipinski definition) is 3. The number of carbonyl (C=O) groups is 1. The van der Waals surface area contributed by atoms with E-state index in [1.807, 2.05) is 19.0 Å². The molecule has 2 aliphatic heterocycles. The topological polar surface area (TPSA) is 110 Å². The monoisotopic (exact) mass is 630 g/mol. The number of aliphatic imine (C=N–C) groups is 1. The van der Waals surface area contributed by atoms with Gasteiger partial charge in [0.05, 0.1) is 23.5 Å². The van der Waals surface area contributed by atoms with Crippen LogP contribution in [0.1, 0.15) is 40.9 Å². The normalized spacial score (nSPS) is 15.4. The SMILES string of the molecule is C.CN(C)C1CCN(C(=N)NC(=O)c2cccc(Nc3ncc4c(n3)-c3ccc(Cl)cc3C(c3c(F)cccc3F)=NC4)c2)C1. The highest BCUT2D eigenvalue weighted by atomic mass is 35.5. The van der Waals surface area contributed by atoms with Gasteiger partial charge in [0.1, 0.15) is 11.6 Å². The maximum Gasteiger partial charge on any atom is 0.258 e.